The van der Waals surface area contributed by atoms with E-state index >= 15 is 0 Å². The van der Waals surface area contributed by atoms with Gasteiger partial charge in [-0.15, -0.1) is 0 Å². The number of hydrogen-bond donors (Lipinski definition) is 1. The largest absolute Gasteiger partial charge is 0.490 e. The summed E-state index contributed by atoms with van der Waals surface area (Å²) in [6.07, 6.45) is 0.845. The van der Waals surface area contributed by atoms with E-state index in [-0.39, 0.29) is 5.82 Å². The van der Waals surface area contributed by atoms with E-state index in [1.54, 1.807) is 6.07 Å². The molecule has 0 spiro atoms. The van der Waals surface area contributed by atoms with Gasteiger partial charge in [0.1, 0.15) is 5.82 Å². The minimum absolute atomic E-state index is 0.298. The highest BCUT2D eigenvalue weighted by Gasteiger charge is 2.19. The third-order valence-electron chi connectivity index (χ3n) is 3.41. The van der Waals surface area contributed by atoms with Crippen LogP contribution in [0.3, 0.4) is 0 Å². The Hall–Kier alpha value is -1.59. The highest BCUT2D eigenvalue weighted by atomic mass is 79.9. The Morgan fingerprint density at radius 3 is 2.52 bits per heavy atom. The van der Waals surface area contributed by atoms with E-state index < -0.39 is 6.04 Å². The molecule has 2 aromatic rings. The predicted molar refractivity (Wildman–Crippen MR) is 82.2 cm³/mol. The lowest BCUT2D eigenvalue weighted by atomic mass is 9.99. The minimum Gasteiger partial charge on any atom is -0.490 e. The van der Waals surface area contributed by atoms with Crippen molar-refractivity contribution in [1.29, 1.82) is 0 Å². The summed E-state index contributed by atoms with van der Waals surface area (Å²) < 4.78 is 25.5. The summed E-state index contributed by atoms with van der Waals surface area (Å²) in [7, 11) is 0. The molecule has 0 saturated heterocycles. The van der Waals surface area contributed by atoms with Crippen LogP contribution in [0.1, 0.15) is 23.6 Å². The number of nitrogens with two attached hydrogens (primary N) is 1. The maximum Gasteiger partial charge on any atom is 0.162 e. The van der Waals surface area contributed by atoms with E-state index in [0.717, 1.165) is 16.5 Å². The Balaban J connectivity index is 2.00. The highest BCUT2D eigenvalue weighted by Crippen LogP contribution is 2.38. The first-order valence-electron chi connectivity index (χ1n) is 6.75. The first-order chi connectivity index (χ1) is 10.1. The zero-order valence-electron chi connectivity index (χ0n) is 11.3. The molecule has 1 aliphatic heterocycles. The van der Waals surface area contributed by atoms with Crippen molar-refractivity contribution in [2.24, 2.45) is 5.73 Å². The smallest absolute Gasteiger partial charge is 0.162 e. The summed E-state index contributed by atoms with van der Waals surface area (Å²) in [5, 5.41) is 0. The Morgan fingerprint density at radius 2 is 1.81 bits per heavy atom. The second kappa shape index (κ2) is 6.03. The second-order valence-corrected chi connectivity index (χ2v) is 5.76. The Morgan fingerprint density at radius 1 is 1.10 bits per heavy atom. The zero-order valence-corrected chi connectivity index (χ0v) is 12.9. The van der Waals surface area contributed by atoms with Crippen molar-refractivity contribution in [2.45, 2.75) is 12.5 Å². The molecule has 1 unspecified atom stereocenters. The minimum atomic E-state index is -0.438. The number of halogens is 2. The van der Waals surface area contributed by atoms with E-state index in [2.05, 4.69) is 15.9 Å². The molecule has 0 aromatic heterocycles. The fraction of sp³-hybridized carbons (Fsp3) is 0.250. The molecule has 21 heavy (non-hydrogen) atoms. The second-order valence-electron chi connectivity index (χ2n) is 4.90. The first kappa shape index (κ1) is 14.4. The molecule has 1 heterocycles. The quantitative estimate of drug-likeness (QED) is 0.894. The zero-order chi connectivity index (χ0) is 14.8. The third-order valence-corrected chi connectivity index (χ3v) is 4.10. The van der Waals surface area contributed by atoms with Gasteiger partial charge in [0.2, 0.25) is 0 Å². The van der Waals surface area contributed by atoms with Gasteiger partial charge in [-0.2, -0.15) is 0 Å². The van der Waals surface area contributed by atoms with Gasteiger partial charge in [-0.05, 0) is 35.4 Å². The van der Waals surface area contributed by atoms with Crippen LogP contribution in [0.15, 0.2) is 40.9 Å². The fourth-order valence-electron chi connectivity index (χ4n) is 2.32. The van der Waals surface area contributed by atoms with Gasteiger partial charge < -0.3 is 15.2 Å². The van der Waals surface area contributed by atoms with Gasteiger partial charge in [0, 0.05) is 10.9 Å². The van der Waals surface area contributed by atoms with Crippen LogP contribution in [0.2, 0.25) is 0 Å². The lowest BCUT2D eigenvalue weighted by Gasteiger charge is -2.17. The topological polar surface area (TPSA) is 44.5 Å². The summed E-state index contributed by atoms with van der Waals surface area (Å²) in [6.45, 7) is 1.25. The van der Waals surface area contributed by atoms with Crippen molar-refractivity contribution in [3.8, 4) is 11.5 Å². The van der Waals surface area contributed by atoms with Crippen LogP contribution in [-0.2, 0) is 0 Å². The molecule has 0 saturated carbocycles. The predicted octanol–water partition coefficient (Wildman–Crippen LogP) is 3.80. The SMILES string of the molecule is NC(c1cccc(F)c1)c1cc2c(cc1Br)OCCCO2. The maximum absolute atomic E-state index is 13.4. The number of ether oxygens (including phenoxy) is 2. The molecule has 1 aliphatic rings. The molecular formula is C16H15BrFNO2. The van der Waals surface area contributed by atoms with Crippen molar-refractivity contribution >= 4 is 15.9 Å². The number of hydrogen-bond acceptors (Lipinski definition) is 3. The van der Waals surface area contributed by atoms with Crippen molar-refractivity contribution in [1.82, 2.24) is 0 Å². The summed E-state index contributed by atoms with van der Waals surface area (Å²) in [5.41, 5.74) is 7.82. The van der Waals surface area contributed by atoms with Crippen LogP contribution < -0.4 is 15.2 Å². The van der Waals surface area contributed by atoms with Gasteiger partial charge >= 0.3 is 0 Å². The lowest BCUT2D eigenvalue weighted by Crippen LogP contribution is -2.13. The molecule has 110 valence electrons. The van der Waals surface area contributed by atoms with Gasteiger partial charge in [-0.3, -0.25) is 0 Å². The molecular weight excluding hydrogens is 337 g/mol. The summed E-state index contributed by atoms with van der Waals surface area (Å²) in [6, 6.07) is 9.59. The normalized spacial score (nSPS) is 15.4. The molecule has 0 fully saturated rings. The van der Waals surface area contributed by atoms with Crippen molar-refractivity contribution < 1.29 is 13.9 Å². The van der Waals surface area contributed by atoms with Gasteiger partial charge in [-0.25, -0.2) is 4.39 Å². The molecule has 3 rings (SSSR count). The highest BCUT2D eigenvalue weighted by molar-refractivity contribution is 9.10. The van der Waals surface area contributed by atoms with Crippen LogP contribution in [0.4, 0.5) is 4.39 Å². The third kappa shape index (κ3) is 3.04. The van der Waals surface area contributed by atoms with Crippen molar-refractivity contribution in [3.05, 3.63) is 57.8 Å². The Labute approximate surface area is 131 Å². The first-order valence-corrected chi connectivity index (χ1v) is 7.54. The lowest BCUT2D eigenvalue weighted by molar-refractivity contribution is 0.297. The van der Waals surface area contributed by atoms with Crippen LogP contribution in [0.5, 0.6) is 11.5 Å². The van der Waals surface area contributed by atoms with Gasteiger partial charge in [0.05, 0.1) is 19.3 Å². The molecule has 0 radical (unpaired) electrons. The molecule has 0 amide bonds. The number of rotatable bonds is 2. The van der Waals surface area contributed by atoms with Crippen molar-refractivity contribution in [2.75, 3.05) is 13.2 Å². The molecule has 0 aliphatic carbocycles. The Kier molecular flexibility index (Phi) is 4.12. The summed E-state index contributed by atoms with van der Waals surface area (Å²) in [5.74, 6) is 1.08. The van der Waals surface area contributed by atoms with Gasteiger partial charge in [0.25, 0.3) is 0 Å². The molecule has 3 nitrogen and oxygen atoms in total. The fourth-order valence-corrected chi connectivity index (χ4v) is 2.89. The van der Waals surface area contributed by atoms with Crippen LogP contribution in [0.25, 0.3) is 0 Å². The van der Waals surface area contributed by atoms with E-state index in [9.17, 15) is 4.39 Å². The average Bonchev–Trinajstić information content (AvgIpc) is 2.70. The standard InChI is InChI=1S/C16H15BrFNO2/c17-13-9-15-14(20-5-2-6-21-15)8-12(13)16(19)10-3-1-4-11(18)7-10/h1,3-4,7-9,16H,2,5-6,19H2. The molecule has 2 N–H and O–H groups in total. The van der Waals surface area contributed by atoms with Crippen LogP contribution in [0, 0.1) is 5.82 Å². The molecule has 5 heteroatoms. The summed E-state index contributed by atoms with van der Waals surface area (Å²) >= 11 is 3.51. The average molecular weight is 352 g/mol. The van der Waals surface area contributed by atoms with Crippen LogP contribution >= 0.6 is 15.9 Å². The Bertz CT molecular complexity index is 663. The van der Waals surface area contributed by atoms with Gasteiger partial charge in [0.15, 0.2) is 11.5 Å². The monoisotopic (exact) mass is 351 g/mol. The van der Waals surface area contributed by atoms with Crippen molar-refractivity contribution in [3.63, 3.8) is 0 Å². The van der Waals surface area contributed by atoms with Crippen LogP contribution in [-0.4, -0.2) is 13.2 Å². The van der Waals surface area contributed by atoms with E-state index in [1.807, 2.05) is 18.2 Å². The van der Waals surface area contributed by atoms with E-state index in [4.69, 9.17) is 15.2 Å². The van der Waals surface area contributed by atoms with Gasteiger partial charge in [-0.1, -0.05) is 28.1 Å². The molecule has 2 aromatic carbocycles. The molecule has 1 atom stereocenters. The van der Waals surface area contributed by atoms with E-state index in [1.165, 1.54) is 12.1 Å². The maximum atomic E-state index is 13.4. The number of benzene rings is 2. The molecule has 0 bridgehead atoms. The summed E-state index contributed by atoms with van der Waals surface area (Å²) in [4.78, 5) is 0. The van der Waals surface area contributed by atoms with E-state index in [0.29, 0.717) is 30.3 Å². The number of fused-ring (bicyclic) bond motifs is 1.